The van der Waals surface area contributed by atoms with Gasteiger partial charge < -0.3 is 9.32 Å². The Balaban J connectivity index is 1.65. The third-order valence-electron chi connectivity index (χ3n) is 4.51. The molecule has 1 aromatic heterocycles. The average molecular weight is 351 g/mol. The van der Waals surface area contributed by atoms with E-state index in [1.165, 1.54) is 18.0 Å². The lowest BCUT2D eigenvalue weighted by molar-refractivity contribution is -0.130. The third-order valence-corrected chi connectivity index (χ3v) is 4.51. The van der Waals surface area contributed by atoms with Gasteiger partial charge in [-0.05, 0) is 36.6 Å². The number of para-hydroxylation sites is 1. The predicted molar refractivity (Wildman–Crippen MR) is 93.0 cm³/mol. The summed E-state index contributed by atoms with van der Waals surface area (Å²) in [5, 5.41) is 2.23. The van der Waals surface area contributed by atoms with Crippen LogP contribution in [0.15, 0.2) is 58.9 Å². The lowest BCUT2D eigenvalue weighted by Crippen LogP contribution is -2.54. The Kier molecular flexibility index (Phi) is 4.04. The number of benzene rings is 1. The van der Waals surface area contributed by atoms with Gasteiger partial charge in [0.15, 0.2) is 0 Å². The number of urea groups is 1. The van der Waals surface area contributed by atoms with Crippen LogP contribution in [0.3, 0.4) is 0 Å². The molecule has 0 atom stereocenters. The van der Waals surface area contributed by atoms with Crippen molar-refractivity contribution in [3.05, 3.63) is 65.8 Å². The molecule has 2 aliphatic rings. The number of hydrogen-bond donors (Lipinski definition) is 1. The smallest absolute Gasteiger partial charge is 0.331 e. The molecule has 4 rings (SSSR count). The minimum absolute atomic E-state index is 0.0289. The van der Waals surface area contributed by atoms with E-state index in [2.05, 4.69) is 5.32 Å². The molecule has 0 radical (unpaired) electrons. The van der Waals surface area contributed by atoms with Crippen LogP contribution >= 0.6 is 0 Å². The van der Waals surface area contributed by atoms with Gasteiger partial charge in [0.2, 0.25) is 0 Å². The van der Waals surface area contributed by atoms with Crippen molar-refractivity contribution in [2.75, 3.05) is 11.4 Å². The average Bonchev–Trinajstić information content (AvgIpc) is 3.15. The fourth-order valence-electron chi connectivity index (χ4n) is 3.24. The first-order valence-corrected chi connectivity index (χ1v) is 8.39. The van der Waals surface area contributed by atoms with Crippen molar-refractivity contribution in [2.45, 2.75) is 19.4 Å². The second-order valence-corrected chi connectivity index (χ2v) is 6.20. The number of furan rings is 1. The lowest BCUT2D eigenvalue weighted by atomic mass is 10.0. The van der Waals surface area contributed by atoms with E-state index < -0.39 is 17.8 Å². The van der Waals surface area contributed by atoms with Gasteiger partial charge in [-0.1, -0.05) is 18.2 Å². The molecule has 1 aromatic carbocycles. The third kappa shape index (κ3) is 2.88. The molecule has 132 valence electrons. The highest BCUT2D eigenvalue weighted by Crippen LogP contribution is 2.28. The molecule has 7 nitrogen and oxygen atoms in total. The molecule has 1 fully saturated rings. The Hall–Kier alpha value is -3.35. The molecule has 1 saturated heterocycles. The van der Waals surface area contributed by atoms with Gasteiger partial charge >= 0.3 is 6.03 Å². The Bertz CT molecular complexity index is 901. The van der Waals surface area contributed by atoms with Crippen LogP contribution in [-0.2, 0) is 22.6 Å². The van der Waals surface area contributed by atoms with Crippen molar-refractivity contribution in [2.24, 2.45) is 0 Å². The summed E-state index contributed by atoms with van der Waals surface area (Å²) in [6, 6.07) is 10.5. The summed E-state index contributed by atoms with van der Waals surface area (Å²) in [4.78, 5) is 40.0. The van der Waals surface area contributed by atoms with Gasteiger partial charge in [-0.15, -0.1) is 0 Å². The van der Waals surface area contributed by atoms with Gasteiger partial charge in [0.25, 0.3) is 11.8 Å². The number of imide groups is 2. The largest absolute Gasteiger partial charge is 0.467 e. The molecule has 2 aromatic rings. The van der Waals surface area contributed by atoms with Gasteiger partial charge in [-0.2, -0.15) is 0 Å². The van der Waals surface area contributed by atoms with E-state index in [9.17, 15) is 14.4 Å². The first-order valence-electron chi connectivity index (χ1n) is 8.39. The molecule has 0 saturated carbocycles. The molecule has 26 heavy (non-hydrogen) atoms. The highest BCUT2D eigenvalue weighted by Gasteiger charge is 2.37. The van der Waals surface area contributed by atoms with E-state index in [1.54, 1.807) is 12.1 Å². The summed E-state index contributed by atoms with van der Waals surface area (Å²) < 4.78 is 5.20. The molecule has 4 amide bonds. The minimum Gasteiger partial charge on any atom is -0.467 e. The van der Waals surface area contributed by atoms with E-state index in [-0.39, 0.29) is 12.1 Å². The molecular formula is C19H17N3O4. The summed E-state index contributed by atoms with van der Waals surface area (Å²) in [5.41, 5.74) is 2.08. The second kappa shape index (κ2) is 6.51. The Morgan fingerprint density at radius 1 is 1.12 bits per heavy atom. The van der Waals surface area contributed by atoms with Gasteiger partial charge in [0, 0.05) is 18.4 Å². The number of carbonyl (C=O) groups excluding carboxylic acids is 3. The van der Waals surface area contributed by atoms with Crippen LogP contribution < -0.4 is 10.2 Å². The molecule has 0 aliphatic carbocycles. The zero-order chi connectivity index (χ0) is 18.1. The fraction of sp³-hybridized carbons (Fsp3) is 0.211. The maximum Gasteiger partial charge on any atom is 0.331 e. The highest BCUT2D eigenvalue weighted by molar-refractivity contribution is 6.28. The first-order chi connectivity index (χ1) is 12.6. The standard InChI is InChI=1S/C19H17N3O4/c23-17-15(12-21-9-3-6-13-5-1-2-8-16(13)21)18(24)22(19(25)20-17)11-14-7-4-10-26-14/h1-2,4-5,7-8,10,12H,3,6,9,11H2,(H,20,23,25). The highest BCUT2D eigenvalue weighted by atomic mass is 16.3. The number of barbiturate groups is 1. The molecule has 1 N–H and O–H groups in total. The quantitative estimate of drug-likeness (QED) is 0.677. The van der Waals surface area contributed by atoms with Gasteiger partial charge in [-0.3, -0.25) is 19.8 Å². The summed E-state index contributed by atoms with van der Waals surface area (Å²) in [6.07, 6.45) is 4.89. The zero-order valence-electron chi connectivity index (χ0n) is 14.0. The molecule has 0 spiro atoms. The number of hydrogen-bond acceptors (Lipinski definition) is 5. The normalized spacial score (nSPS) is 18.9. The Labute approximate surface area is 149 Å². The predicted octanol–water partition coefficient (Wildman–Crippen LogP) is 2.19. The van der Waals surface area contributed by atoms with Crippen molar-refractivity contribution >= 4 is 23.5 Å². The van der Waals surface area contributed by atoms with Crippen LogP contribution in [-0.4, -0.2) is 29.3 Å². The molecule has 3 heterocycles. The summed E-state index contributed by atoms with van der Waals surface area (Å²) in [6.45, 7) is 0.673. The number of aryl methyl sites for hydroxylation is 1. The minimum atomic E-state index is -0.743. The summed E-state index contributed by atoms with van der Waals surface area (Å²) in [7, 11) is 0. The van der Waals surface area contributed by atoms with Crippen LogP contribution in [0.25, 0.3) is 0 Å². The Morgan fingerprint density at radius 3 is 2.77 bits per heavy atom. The van der Waals surface area contributed by atoms with Gasteiger partial charge in [0.05, 0.1) is 12.8 Å². The number of fused-ring (bicyclic) bond motifs is 1. The van der Waals surface area contributed by atoms with Crippen molar-refractivity contribution in [1.29, 1.82) is 0 Å². The second-order valence-electron chi connectivity index (χ2n) is 6.20. The SMILES string of the molecule is O=C1NC(=O)N(Cc2ccco2)C(=O)C1=CN1CCCc2ccccc21. The summed E-state index contributed by atoms with van der Waals surface area (Å²) in [5.74, 6) is -0.845. The number of amides is 4. The monoisotopic (exact) mass is 351 g/mol. The van der Waals surface area contributed by atoms with Crippen LogP contribution in [0.1, 0.15) is 17.7 Å². The number of carbonyl (C=O) groups is 3. The van der Waals surface area contributed by atoms with Crippen LogP contribution in [0.2, 0.25) is 0 Å². The van der Waals surface area contributed by atoms with E-state index in [0.29, 0.717) is 12.3 Å². The molecular weight excluding hydrogens is 334 g/mol. The van der Waals surface area contributed by atoms with Crippen LogP contribution in [0, 0.1) is 0 Å². The van der Waals surface area contributed by atoms with Gasteiger partial charge in [0.1, 0.15) is 11.3 Å². The lowest BCUT2D eigenvalue weighted by Gasteiger charge is -2.31. The van der Waals surface area contributed by atoms with Crippen LogP contribution in [0.4, 0.5) is 10.5 Å². The number of nitrogens with zero attached hydrogens (tertiary/aromatic N) is 2. The van der Waals surface area contributed by atoms with Crippen molar-refractivity contribution in [3.8, 4) is 0 Å². The van der Waals surface area contributed by atoms with Crippen molar-refractivity contribution in [3.63, 3.8) is 0 Å². The number of rotatable bonds is 3. The van der Waals surface area contributed by atoms with E-state index in [0.717, 1.165) is 23.4 Å². The molecule has 7 heteroatoms. The maximum atomic E-state index is 12.8. The fourth-order valence-corrected chi connectivity index (χ4v) is 3.24. The number of anilines is 1. The summed E-state index contributed by atoms with van der Waals surface area (Å²) >= 11 is 0. The van der Waals surface area contributed by atoms with E-state index in [1.807, 2.05) is 29.2 Å². The first kappa shape index (κ1) is 16.1. The number of nitrogens with one attached hydrogen (secondary N) is 1. The molecule has 2 aliphatic heterocycles. The maximum absolute atomic E-state index is 12.8. The van der Waals surface area contributed by atoms with Crippen molar-refractivity contribution < 1.29 is 18.8 Å². The molecule has 0 unspecified atom stereocenters. The van der Waals surface area contributed by atoms with E-state index >= 15 is 0 Å². The topological polar surface area (TPSA) is 82.9 Å². The van der Waals surface area contributed by atoms with Crippen molar-refractivity contribution in [1.82, 2.24) is 10.2 Å². The zero-order valence-corrected chi connectivity index (χ0v) is 14.0. The van der Waals surface area contributed by atoms with Crippen LogP contribution in [0.5, 0.6) is 0 Å². The Morgan fingerprint density at radius 2 is 1.96 bits per heavy atom. The van der Waals surface area contributed by atoms with E-state index in [4.69, 9.17) is 4.42 Å². The van der Waals surface area contributed by atoms with Gasteiger partial charge in [-0.25, -0.2) is 4.79 Å². The molecule has 0 bridgehead atoms.